The third-order valence-electron chi connectivity index (χ3n) is 11.0. The number of hydrogen-bond acceptors (Lipinski definition) is 6. The van der Waals surface area contributed by atoms with E-state index >= 15 is 0 Å². The molecule has 0 radical (unpaired) electrons. The molecule has 3 saturated heterocycles. The zero-order chi connectivity index (χ0) is 28.4. The molecule has 3 aliphatic heterocycles. The maximum atomic E-state index is 11.5. The number of alkyl halides is 1. The number of ether oxygens (including phenoxy) is 3. The fourth-order valence-corrected chi connectivity index (χ4v) is 8.21. The molecule has 10 unspecified atom stereocenters. The lowest BCUT2D eigenvalue weighted by Gasteiger charge is -2.56. The smallest absolute Gasteiger partial charge is 0.0923 e. The molecule has 4 rings (SSSR count). The zero-order valence-electron chi connectivity index (χ0n) is 25.2. The highest BCUT2D eigenvalue weighted by Crippen LogP contribution is 2.51. The van der Waals surface area contributed by atoms with E-state index in [1.165, 1.54) is 0 Å². The summed E-state index contributed by atoms with van der Waals surface area (Å²) in [7, 11) is 0. The van der Waals surface area contributed by atoms with Crippen LogP contribution in [0, 0.1) is 11.3 Å². The molecule has 4 fully saturated rings. The van der Waals surface area contributed by atoms with Gasteiger partial charge in [0.25, 0.3) is 0 Å². The Morgan fingerprint density at radius 1 is 0.868 bits per heavy atom. The van der Waals surface area contributed by atoms with E-state index in [-0.39, 0.29) is 40.8 Å². The molecule has 0 aromatic carbocycles. The molecule has 38 heavy (non-hydrogen) atoms. The first-order valence-corrected chi connectivity index (χ1v) is 16.0. The van der Waals surface area contributed by atoms with Gasteiger partial charge in [-0.3, -0.25) is 0 Å². The molecule has 3 heterocycles. The fourth-order valence-electron chi connectivity index (χ4n) is 7.89. The lowest BCUT2D eigenvalue weighted by atomic mass is 9.74. The number of rotatable bonds is 7. The van der Waals surface area contributed by atoms with Crippen LogP contribution < -0.4 is 0 Å². The normalized spacial score (nSPS) is 46.3. The van der Waals surface area contributed by atoms with Gasteiger partial charge in [-0.05, 0) is 130 Å². The van der Waals surface area contributed by atoms with Crippen molar-refractivity contribution in [2.24, 2.45) is 11.3 Å². The third kappa shape index (κ3) is 6.19. The van der Waals surface area contributed by atoms with E-state index in [1.807, 2.05) is 20.8 Å². The van der Waals surface area contributed by atoms with E-state index in [2.05, 4.69) is 50.5 Å². The molecular formula is C31H55BrO6. The Morgan fingerprint density at radius 3 is 2.11 bits per heavy atom. The highest BCUT2D eigenvalue weighted by molar-refractivity contribution is 9.09. The van der Waals surface area contributed by atoms with Crippen molar-refractivity contribution in [1.82, 2.24) is 0 Å². The average Bonchev–Trinajstić information content (AvgIpc) is 3.23. The van der Waals surface area contributed by atoms with Crippen LogP contribution in [0.5, 0.6) is 0 Å². The summed E-state index contributed by atoms with van der Waals surface area (Å²) in [5.74, 6) is 0.199. The van der Waals surface area contributed by atoms with Gasteiger partial charge in [0.15, 0.2) is 0 Å². The molecule has 0 amide bonds. The second-order valence-electron chi connectivity index (χ2n) is 15.3. The van der Waals surface area contributed by atoms with Gasteiger partial charge in [0.05, 0.1) is 52.4 Å². The van der Waals surface area contributed by atoms with Crippen molar-refractivity contribution in [2.75, 3.05) is 0 Å². The van der Waals surface area contributed by atoms with Crippen molar-refractivity contribution in [2.45, 2.75) is 183 Å². The summed E-state index contributed by atoms with van der Waals surface area (Å²) in [5, 5.41) is 33.2. The van der Waals surface area contributed by atoms with Gasteiger partial charge in [0.1, 0.15) is 0 Å². The van der Waals surface area contributed by atoms with Crippen molar-refractivity contribution >= 4 is 15.9 Å². The molecule has 10 atom stereocenters. The lowest BCUT2D eigenvalue weighted by Crippen LogP contribution is -2.63. The van der Waals surface area contributed by atoms with Crippen LogP contribution in [0.25, 0.3) is 0 Å². The Hall–Kier alpha value is 0.240. The van der Waals surface area contributed by atoms with Crippen LogP contribution in [-0.4, -0.2) is 72.6 Å². The standard InChI is InChI=1S/C31H55BrO6/c1-26(2,34)20-11-15-28(5,19-20)22(33)13-16-29(6,35)23-9-10-24-30(7,37-23)18-14-25(36-24)31(8)17-12-21(32)27(3,4)38-31/h20-25,33-35H,9-19H2,1-8H3. The molecule has 1 saturated carbocycles. The minimum atomic E-state index is -1.02. The summed E-state index contributed by atoms with van der Waals surface area (Å²) in [6.07, 6.45) is 8.27. The van der Waals surface area contributed by atoms with Gasteiger partial charge >= 0.3 is 0 Å². The van der Waals surface area contributed by atoms with E-state index in [1.54, 1.807) is 0 Å². The van der Waals surface area contributed by atoms with E-state index in [9.17, 15) is 15.3 Å². The third-order valence-corrected chi connectivity index (χ3v) is 12.6. The maximum Gasteiger partial charge on any atom is 0.0923 e. The Bertz CT molecular complexity index is 841. The summed E-state index contributed by atoms with van der Waals surface area (Å²) in [5.41, 5.74) is -2.95. The number of aliphatic hydroxyl groups excluding tert-OH is 1. The lowest BCUT2D eigenvalue weighted by molar-refractivity contribution is -0.301. The highest BCUT2D eigenvalue weighted by atomic mass is 79.9. The first-order chi connectivity index (χ1) is 17.3. The van der Waals surface area contributed by atoms with Gasteiger partial charge in [0.2, 0.25) is 0 Å². The van der Waals surface area contributed by atoms with Crippen LogP contribution in [0.3, 0.4) is 0 Å². The van der Waals surface area contributed by atoms with Gasteiger partial charge in [-0.2, -0.15) is 0 Å². The van der Waals surface area contributed by atoms with Crippen LogP contribution in [0.4, 0.5) is 0 Å². The predicted molar refractivity (Wildman–Crippen MR) is 154 cm³/mol. The first-order valence-electron chi connectivity index (χ1n) is 15.1. The summed E-state index contributed by atoms with van der Waals surface area (Å²) in [4.78, 5) is 0.343. The Morgan fingerprint density at radius 2 is 1.50 bits per heavy atom. The second-order valence-corrected chi connectivity index (χ2v) is 16.4. The van der Waals surface area contributed by atoms with Gasteiger partial charge in [-0.25, -0.2) is 0 Å². The average molecular weight is 604 g/mol. The van der Waals surface area contributed by atoms with E-state index < -0.39 is 22.9 Å². The van der Waals surface area contributed by atoms with Crippen molar-refractivity contribution in [3.8, 4) is 0 Å². The molecule has 3 N–H and O–H groups in total. The summed E-state index contributed by atoms with van der Waals surface area (Å²) < 4.78 is 20.1. The van der Waals surface area contributed by atoms with Crippen LogP contribution >= 0.6 is 15.9 Å². The Kier molecular flexibility index (Phi) is 8.62. The molecule has 7 heteroatoms. The van der Waals surface area contributed by atoms with Crippen molar-refractivity contribution in [1.29, 1.82) is 0 Å². The van der Waals surface area contributed by atoms with E-state index in [0.717, 1.165) is 57.8 Å². The summed E-state index contributed by atoms with van der Waals surface area (Å²) >= 11 is 3.79. The number of halogens is 1. The second kappa shape index (κ2) is 10.5. The molecule has 0 bridgehead atoms. The highest BCUT2D eigenvalue weighted by Gasteiger charge is 2.55. The zero-order valence-corrected chi connectivity index (χ0v) is 26.8. The quantitative estimate of drug-likeness (QED) is 0.307. The van der Waals surface area contributed by atoms with Crippen molar-refractivity contribution in [3.05, 3.63) is 0 Å². The SMILES string of the molecule is CC(C)(O)C1CCC(C)(C(O)CCC(C)(O)C2CCC3OC(C4(C)CCC(Br)C(C)(C)O4)CCC3(C)O2)C1. The largest absolute Gasteiger partial charge is 0.393 e. The minimum absolute atomic E-state index is 0.0136. The van der Waals surface area contributed by atoms with Crippen molar-refractivity contribution < 1.29 is 29.5 Å². The van der Waals surface area contributed by atoms with Crippen LogP contribution in [0.15, 0.2) is 0 Å². The number of fused-ring (bicyclic) bond motifs is 1. The number of aliphatic hydroxyl groups is 3. The molecule has 0 aromatic heterocycles. The monoisotopic (exact) mass is 602 g/mol. The van der Waals surface area contributed by atoms with Gasteiger partial charge in [0, 0.05) is 4.83 Å². The topological polar surface area (TPSA) is 88.4 Å². The first kappa shape index (κ1) is 31.2. The van der Waals surface area contributed by atoms with Crippen LogP contribution in [0.1, 0.15) is 126 Å². The molecule has 222 valence electrons. The van der Waals surface area contributed by atoms with Gasteiger partial charge in [-0.1, -0.05) is 22.9 Å². The van der Waals surface area contributed by atoms with Crippen molar-refractivity contribution in [3.63, 3.8) is 0 Å². The number of hydrogen-bond donors (Lipinski definition) is 3. The molecule has 0 aromatic rings. The summed E-state index contributed by atoms with van der Waals surface area (Å²) in [6, 6.07) is 0. The molecular weight excluding hydrogens is 548 g/mol. The Balaban J connectivity index is 1.33. The maximum absolute atomic E-state index is 11.5. The van der Waals surface area contributed by atoms with Gasteiger partial charge < -0.3 is 29.5 Å². The molecule has 6 nitrogen and oxygen atoms in total. The predicted octanol–water partition coefficient (Wildman–Crippen LogP) is 6.05. The molecule has 1 aliphatic carbocycles. The van der Waals surface area contributed by atoms with E-state index in [4.69, 9.17) is 14.2 Å². The Labute approximate surface area is 239 Å². The summed E-state index contributed by atoms with van der Waals surface area (Å²) in [6.45, 7) is 16.4. The minimum Gasteiger partial charge on any atom is -0.393 e. The van der Waals surface area contributed by atoms with E-state index in [0.29, 0.717) is 17.7 Å². The van der Waals surface area contributed by atoms with Gasteiger partial charge in [-0.15, -0.1) is 0 Å². The molecule has 0 spiro atoms. The van der Waals surface area contributed by atoms with Crippen LogP contribution in [0.2, 0.25) is 0 Å². The van der Waals surface area contributed by atoms with Crippen LogP contribution in [-0.2, 0) is 14.2 Å². The fraction of sp³-hybridized carbons (Fsp3) is 1.00. The molecule has 4 aliphatic rings.